The fraction of sp³-hybridized carbons (Fsp3) is 0.429. The highest BCUT2D eigenvalue weighted by molar-refractivity contribution is 5.99. The molecule has 0 radical (unpaired) electrons. The van der Waals surface area contributed by atoms with E-state index in [0.29, 0.717) is 18.9 Å². The molecule has 2 heterocycles. The smallest absolute Gasteiger partial charge is 0.235 e. The molecule has 1 saturated carbocycles. The Bertz CT molecular complexity index is 797. The lowest BCUT2D eigenvalue weighted by atomic mass is 9.78. The third-order valence-electron chi connectivity index (χ3n) is 5.61. The van der Waals surface area contributed by atoms with Crippen LogP contribution in [0.3, 0.4) is 0 Å². The van der Waals surface area contributed by atoms with Gasteiger partial charge in [-0.15, -0.1) is 0 Å². The van der Waals surface area contributed by atoms with Crippen molar-refractivity contribution in [3.8, 4) is 0 Å². The molecule has 0 atom stereocenters. The molecule has 0 spiro atoms. The minimum atomic E-state index is -0.662. The second-order valence-electron chi connectivity index (χ2n) is 7.26. The first-order valence-corrected chi connectivity index (χ1v) is 9.54. The van der Waals surface area contributed by atoms with E-state index in [1.165, 1.54) is 12.1 Å². The van der Waals surface area contributed by atoms with Crippen molar-refractivity contribution in [2.24, 2.45) is 0 Å². The highest BCUT2D eigenvalue weighted by Crippen LogP contribution is 2.42. The molecular formula is C21H24FN3O2. The van der Waals surface area contributed by atoms with Crippen molar-refractivity contribution in [1.82, 2.24) is 4.98 Å². The molecule has 1 saturated heterocycles. The van der Waals surface area contributed by atoms with E-state index in [4.69, 9.17) is 4.74 Å². The SMILES string of the molecule is O=C(Nc1ccc(N2CCOCC2)nc1)C1(c2cccc(F)c2)CCCC1. The minimum Gasteiger partial charge on any atom is -0.378 e. The molecule has 5 nitrogen and oxygen atoms in total. The molecule has 1 amide bonds. The van der Waals surface area contributed by atoms with Crippen LogP contribution < -0.4 is 10.2 Å². The van der Waals surface area contributed by atoms with Gasteiger partial charge in [-0.2, -0.15) is 0 Å². The molecule has 2 fully saturated rings. The first-order valence-electron chi connectivity index (χ1n) is 9.54. The molecule has 0 bridgehead atoms. The van der Waals surface area contributed by atoms with Crippen molar-refractivity contribution >= 4 is 17.4 Å². The van der Waals surface area contributed by atoms with Gasteiger partial charge in [0.15, 0.2) is 0 Å². The lowest BCUT2D eigenvalue weighted by molar-refractivity contribution is -0.121. The summed E-state index contributed by atoms with van der Waals surface area (Å²) in [6.45, 7) is 3.05. The van der Waals surface area contributed by atoms with Gasteiger partial charge >= 0.3 is 0 Å². The summed E-state index contributed by atoms with van der Waals surface area (Å²) in [6.07, 6.45) is 5.11. The number of morpholine rings is 1. The number of rotatable bonds is 4. The number of carbonyl (C=O) groups is 1. The van der Waals surface area contributed by atoms with Gasteiger partial charge in [-0.05, 0) is 42.7 Å². The summed E-state index contributed by atoms with van der Waals surface area (Å²) in [5.74, 6) is 0.506. The topological polar surface area (TPSA) is 54.5 Å². The molecule has 4 rings (SSSR count). The van der Waals surface area contributed by atoms with Crippen molar-refractivity contribution in [2.45, 2.75) is 31.1 Å². The highest BCUT2D eigenvalue weighted by Gasteiger charge is 2.42. The normalized spacial score (nSPS) is 19.1. The second kappa shape index (κ2) is 7.64. The molecule has 27 heavy (non-hydrogen) atoms. The van der Waals surface area contributed by atoms with Crippen LogP contribution in [-0.4, -0.2) is 37.2 Å². The number of amides is 1. The number of ether oxygens (including phenoxy) is 1. The number of hydrogen-bond acceptors (Lipinski definition) is 4. The first kappa shape index (κ1) is 17.9. The van der Waals surface area contributed by atoms with Crippen molar-refractivity contribution in [1.29, 1.82) is 0 Å². The van der Waals surface area contributed by atoms with E-state index >= 15 is 0 Å². The van der Waals surface area contributed by atoms with Crippen LogP contribution in [0.4, 0.5) is 15.9 Å². The van der Waals surface area contributed by atoms with Crippen molar-refractivity contribution in [3.05, 3.63) is 54.0 Å². The number of halogens is 1. The van der Waals surface area contributed by atoms with Crippen LogP contribution in [-0.2, 0) is 14.9 Å². The number of anilines is 2. The zero-order valence-corrected chi connectivity index (χ0v) is 15.3. The zero-order valence-electron chi connectivity index (χ0n) is 15.3. The number of carbonyl (C=O) groups excluding carboxylic acids is 1. The monoisotopic (exact) mass is 369 g/mol. The predicted molar refractivity (Wildman–Crippen MR) is 102 cm³/mol. The Morgan fingerprint density at radius 3 is 2.59 bits per heavy atom. The van der Waals surface area contributed by atoms with Crippen LogP contribution in [0.5, 0.6) is 0 Å². The third-order valence-corrected chi connectivity index (χ3v) is 5.61. The fourth-order valence-electron chi connectivity index (χ4n) is 4.10. The number of pyridine rings is 1. The van der Waals surface area contributed by atoms with Gasteiger partial charge in [0.05, 0.1) is 30.5 Å². The van der Waals surface area contributed by atoms with E-state index in [0.717, 1.165) is 50.2 Å². The number of hydrogen-bond donors (Lipinski definition) is 1. The van der Waals surface area contributed by atoms with Gasteiger partial charge in [0, 0.05) is 13.1 Å². The first-order chi connectivity index (χ1) is 13.2. The predicted octanol–water partition coefficient (Wildman–Crippen LogP) is 3.51. The van der Waals surface area contributed by atoms with Crippen LogP contribution in [0.25, 0.3) is 0 Å². The fourth-order valence-corrected chi connectivity index (χ4v) is 4.10. The van der Waals surface area contributed by atoms with Gasteiger partial charge in [0.1, 0.15) is 11.6 Å². The lowest BCUT2D eigenvalue weighted by Gasteiger charge is -2.29. The van der Waals surface area contributed by atoms with Gasteiger partial charge in [0.25, 0.3) is 0 Å². The van der Waals surface area contributed by atoms with E-state index in [1.807, 2.05) is 18.2 Å². The van der Waals surface area contributed by atoms with Gasteiger partial charge in [0.2, 0.25) is 5.91 Å². The average molecular weight is 369 g/mol. The Kier molecular flexibility index (Phi) is 5.07. The van der Waals surface area contributed by atoms with Gasteiger partial charge in [-0.1, -0.05) is 25.0 Å². The molecule has 2 aromatic rings. The Labute approximate surface area is 158 Å². The van der Waals surface area contributed by atoms with Crippen molar-refractivity contribution < 1.29 is 13.9 Å². The van der Waals surface area contributed by atoms with Crippen LogP contribution in [0.2, 0.25) is 0 Å². The van der Waals surface area contributed by atoms with Gasteiger partial charge < -0.3 is 15.0 Å². The van der Waals surface area contributed by atoms with E-state index in [-0.39, 0.29) is 11.7 Å². The molecule has 1 aromatic carbocycles. The standard InChI is InChI=1S/C21H24FN3O2/c22-17-5-3-4-16(14-17)21(8-1-2-9-21)20(26)24-18-6-7-19(23-15-18)25-10-12-27-13-11-25/h3-7,14-15H,1-2,8-13H2,(H,24,26). The second-order valence-corrected chi connectivity index (χ2v) is 7.26. The van der Waals surface area contributed by atoms with Crippen LogP contribution >= 0.6 is 0 Å². The Hall–Kier alpha value is -2.47. The van der Waals surface area contributed by atoms with Gasteiger partial charge in [-0.3, -0.25) is 4.79 Å². The zero-order chi connectivity index (χ0) is 18.7. The Balaban J connectivity index is 1.51. The highest BCUT2D eigenvalue weighted by atomic mass is 19.1. The summed E-state index contributed by atoms with van der Waals surface area (Å²) in [5, 5.41) is 3.01. The summed E-state index contributed by atoms with van der Waals surface area (Å²) in [7, 11) is 0. The van der Waals surface area contributed by atoms with E-state index in [2.05, 4.69) is 15.2 Å². The molecule has 1 aliphatic carbocycles. The van der Waals surface area contributed by atoms with Crippen LogP contribution in [0.1, 0.15) is 31.2 Å². The molecule has 2 aliphatic rings. The summed E-state index contributed by atoms with van der Waals surface area (Å²) >= 11 is 0. The number of benzene rings is 1. The van der Waals surface area contributed by atoms with Crippen LogP contribution in [0, 0.1) is 5.82 Å². The van der Waals surface area contributed by atoms with Crippen molar-refractivity contribution in [2.75, 3.05) is 36.5 Å². The number of nitrogens with one attached hydrogen (secondary N) is 1. The largest absolute Gasteiger partial charge is 0.378 e. The molecule has 1 aromatic heterocycles. The molecular weight excluding hydrogens is 345 g/mol. The summed E-state index contributed by atoms with van der Waals surface area (Å²) < 4.78 is 19.1. The Morgan fingerprint density at radius 1 is 1.15 bits per heavy atom. The van der Waals surface area contributed by atoms with Gasteiger partial charge in [-0.25, -0.2) is 9.37 Å². The maximum atomic E-state index is 13.7. The maximum absolute atomic E-state index is 13.7. The van der Waals surface area contributed by atoms with Crippen LogP contribution in [0.15, 0.2) is 42.6 Å². The van der Waals surface area contributed by atoms with E-state index < -0.39 is 5.41 Å². The van der Waals surface area contributed by atoms with E-state index in [9.17, 15) is 9.18 Å². The molecule has 6 heteroatoms. The average Bonchev–Trinajstić information content (AvgIpc) is 3.21. The Morgan fingerprint density at radius 2 is 1.93 bits per heavy atom. The third kappa shape index (κ3) is 3.67. The van der Waals surface area contributed by atoms with Crippen molar-refractivity contribution in [3.63, 3.8) is 0 Å². The van der Waals surface area contributed by atoms with E-state index in [1.54, 1.807) is 12.3 Å². The molecule has 142 valence electrons. The number of aromatic nitrogens is 1. The maximum Gasteiger partial charge on any atom is 0.235 e. The number of nitrogens with zero attached hydrogens (tertiary/aromatic N) is 2. The molecule has 1 N–H and O–H groups in total. The summed E-state index contributed by atoms with van der Waals surface area (Å²) in [5.41, 5.74) is 0.764. The minimum absolute atomic E-state index is 0.0773. The lowest BCUT2D eigenvalue weighted by Crippen LogP contribution is -2.38. The molecule has 1 aliphatic heterocycles. The summed E-state index contributed by atoms with van der Waals surface area (Å²) in [4.78, 5) is 19.8. The summed E-state index contributed by atoms with van der Waals surface area (Å²) in [6, 6.07) is 10.2. The molecule has 0 unspecified atom stereocenters. The quantitative estimate of drug-likeness (QED) is 0.896.